The van der Waals surface area contributed by atoms with Crippen molar-refractivity contribution in [2.24, 2.45) is 5.73 Å². The van der Waals surface area contributed by atoms with Gasteiger partial charge in [0.1, 0.15) is 18.1 Å². The lowest BCUT2D eigenvalue weighted by Gasteiger charge is -2.19. The minimum atomic E-state index is -3.12. The van der Waals surface area contributed by atoms with Crippen molar-refractivity contribution < 1.29 is 23.0 Å². The predicted octanol–water partition coefficient (Wildman–Crippen LogP) is 1.18. The standard InChI is InChI=1S/C14H16F2N2O3/c1-20-11-2-3-12-9(5-11)4-10(6-21-12)13(19)18-8-14(15,16)7-17/h2-5H,6-8,17H2,1H3,(H,18,19). The molecule has 3 N–H and O–H groups in total. The normalized spacial score (nSPS) is 13.8. The van der Waals surface area contributed by atoms with Gasteiger partial charge in [-0.25, -0.2) is 8.78 Å². The lowest BCUT2D eigenvalue weighted by Crippen LogP contribution is -2.42. The molecule has 0 bridgehead atoms. The van der Waals surface area contributed by atoms with E-state index in [-0.39, 0.29) is 12.2 Å². The first-order chi connectivity index (χ1) is 9.95. The molecule has 0 aromatic heterocycles. The molecule has 21 heavy (non-hydrogen) atoms. The van der Waals surface area contributed by atoms with Crippen LogP contribution >= 0.6 is 0 Å². The topological polar surface area (TPSA) is 73.6 Å². The molecular formula is C14H16F2N2O3. The molecule has 1 heterocycles. The fourth-order valence-electron chi connectivity index (χ4n) is 1.81. The minimum Gasteiger partial charge on any atom is -0.497 e. The van der Waals surface area contributed by atoms with Gasteiger partial charge in [0.15, 0.2) is 0 Å². The second-order valence-electron chi connectivity index (χ2n) is 4.60. The molecule has 1 aliphatic rings. The van der Waals surface area contributed by atoms with Crippen molar-refractivity contribution >= 4 is 12.0 Å². The zero-order chi connectivity index (χ0) is 15.5. The zero-order valence-electron chi connectivity index (χ0n) is 11.5. The molecule has 1 amide bonds. The fourth-order valence-corrected chi connectivity index (χ4v) is 1.81. The molecule has 0 aliphatic carbocycles. The molecule has 7 heteroatoms. The maximum absolute atomic E-state index is 13.0. The Morgan fingerprint density at radius 3 is 2.95 bits per heavy atom. The number of rotatable bonds is 5. The fraction of sp³-hybridized carbons (Fsp3) is 0.357. The molecule has 0 atom stereocenters. The van der Waals surface area contributed by atoms with Crippen LogP contribution < -0.4 is 20.5 Å². The van der Waals surface area contributed by atoms with Gasteiger partial charge in [0.25, 0.3) is 11.8 Å². The lowest BCUT2D eigenvalue weighted by molar-refractivity contribution is -0.119. The largest absolute Gasteiger partial charge is 0.497 e. The Balaban J connectivity index is 2.10. The van der Waals surface area contributed by atoms with E-state index in [9.17, 15) is 13.6 Å². The van der Waals surface area contributed by atoms with Crippen LogP contribution in [0.3, 0.4) is 0 Å². The first-order valence-electron chi connectivity index (χ1n) is 6.33. The smallest absolute Gasteiger partial charge is 0.277 e. The van der Waals surface area contributed by atoms with Crippen LogP contribution in [0.4, 0.5) is 8.78 Å². The summed E-state index contributed by atoms with van der Waals surface area (Å²) in [5.74, 6) is -2.49. The van der Waals surface area contributed by atoms with E-state index in [0.717, 1.165) is 0 Å². The number of nitrogens with one attached hydrogen (secondary N) is 1. The molecule has 0 radical (unpaired) electrons. The third-order valence-corrected chi connectivity index (χ3v) is 3.03. The van der Waals surface area contributed by atoms with E-state index < -0.39 is 24.9 Å². The van der Waals surface area contributed by atoms with E-state index >= 15 is 0 Å². The third kappa shape index (κ3) is 3.69. The zero-order valence-corrected chi connectivity index (χ0v) is 11.5. The number of ether oxygens (including phenoxy) is 2. The van der Waals surface area contributed by atoms with Crippen molar-refractivity contribution in [1.29, 1.82) is 0 Å². The second kappa shape index (κ2) is 6.09. The van der Waals surface area contributed by atoms with Crippen molar-refractivity contribution in [1.82, 2.24) is 5.32 Å². The number of amides is 1. The quantitative estimate of drug-likeness (QED) is 0.856. The summed E-state index contributed by atoms with van der Waals surface area (Å²) in [6, 6.07) is 5.16. The molecule has 0 spiro atoms. The summed E-state index contributed by atoms with van der Waals surface area (Å²) in [5.41, 5.74) is 5.84. The second-order valence-corrected chi connectivity index (χ2v) is 4.60. The summed E-state index contributed by atoms with van der Waals surface area (Å²) < 4.78 is 36.5. The molecule has 1 aromatic rings. The number of hydrogen-bond donors (Lipinski definition) is 2. The highest BCUT2D eigenvalue weighted by Gasteiger charge is 2.28. The van der Waals surface area contributed by atoms with Gasteiger partial charge in [-0.3, -0.25) is 4.79 Å². The Morgan fingerprint density at radius 1 is 1.52 bits per heavy atom. The Kier molecular flexibility index (Phi) is 4.42. The van der Waals surface area contributed by atoms with Crippen LogP contribution in [0.1, 0.15) is 5.56 Å². The van der Waals surface area contributed by atoms with Gasteiger partial charge in [0.05, 0.1) is 25.8 Å². The van der Waals surface area contributed by atoms with Gasteiger partial charge in [0.2, 0.25) is 0 Å². The van der Waals surface area contributed by atoms with Crippen molar-refractivity contribution in [3.05, 3.63) is 29.3 Å². The van der Waals surface area contributed by atoms with Gasteiger partial charge in [-0.15, -0.1) is 0 Å². The number of fused-ring (bicyclic) bond motifs is 1. The maximum atomic E-state index is 13.0. The molecule has 1 aliphatic heterocycles. The number of hydrogen-bond acceptors (Lipinski definition) is 4. The summed E-state index contributed by atoms with van der Waals surface area (Å²) in [6.07, 6.45) is 1.59. The average Bonchev–Trinajstić information content (AvgIpc) is 2.51. The molecule has 0 saturated carbocycles. The minimum absolute atomic E-state index is 0.0271. The van der Waals surface area contributed by atoms with Gasteiger partial charge >= 0.3 is 0 Å². The van der Waals surface area contributed by atoms with Crippen LogP contribution in [0.25, 0.3) is 6.08 Å². The first-order valence-corrected chi connectivity index (χ1v) is 6.33. The van der Waals surface area contributed by atoms with E-state index in [2.05, 4.69) is 5.32 Å². The highest BCUT2D eigenvalue weighted by Crippen LogP contribution is 2.29. The number of halogens is 2. The Hall–Kier alpha value is -2.15. The number of carbonyl (C=O) groups excluding carboxylic acids is 1. The van der Waals surface area contributed by atoms with E-state index in [0.29, 0.717) is 17.1 Å². The van der Waals surface area contributed by atoms with Crippen LogP contribution in [0.2, 0.25) is 0 Å². The number of methoxy groups -OCH3 is 1. The number of nitrogens with two attached hydrogens (primary N) is 1. The molecule has 0 saturated heterocycles. The monoisotopic (exact) mass is 298 g/mol. The molecule has 5 nitrogen and oxygen atoms in total. The van der Waals surface area contributed by atoms with Gasteiger partial charge in [-0.2, -0.15) is 0 Å². The van der Waals surface area contributed by atoms with Crippen molar-refractivity contribution in [2.75, 3.05) is 26.8 Å². The van der Waals surface area contributed by atoms with Crippen molar-refractivity contribution in [3.8, 4) is 11.5 Å². The summed E-state index contributed by atoms with van der Waals surface area (Å²) in [5, 5.41) is 2.15. The van der Waals surface area contributed by atoms with Crippen LogP contribution in [0.15, 0.2) is 23.8 Å². The number of alkyl halides is 2. The summed E-state index contributed by atoms with van der Waals surface area (Å²) >= 11 is 0. The van der Waals surface area contributed by atoms with Crippen molar-refractivity contribution in [2.45, 2.75) is 5.92 Å². The van der Waals surface area contributed by atoms with Gasteiger partial charge in [-0.05, 0) is 24.3 Å². The first kappa shape index (κ1) is 15.2. The number of benzene rings is 1. The summed E-state index contributed by atoms with van der Waals surface area (Å²) in [7, 11) is 1.53. The highest BCUT2D eigenvalue weighted by atomic mass is 19.3. The van der Waals surface area contributed by atoms with Crippen molar-refractivity contribution in [3.63, 3.8) is 0 Å². The SMILES string of the molecule is COc1ccc2c(c1)C=C(C(=O)NCC(F)(F)CN)CO2. The molecule has 0 fully saturated rings. The van der Waals surface area contributed by atoms with Gasteiger partial charge < -0.3 is 20.5 Å². The summed E-state index contributed by atoms with van der Waals surface area (Å²) in [4.78, 5) is 11.9. The van der Waals surface area contributed by atoms with E-state index in [4.69, 9.17) is 15.2 Å². The van der Waals surface area contributed by atoms with Gasteiger partial charge in [0, 0.05) is 5.56 Å². The van der Waals surface area contributed by atoms with E-state index in [1.165, 1.54) is 7.11 Å². The third-order valence-electron chi connectivity index (χ3n) is 3.03. The maximum Gasteiger partial charge on any atom is 0.277 e. The molecule has 2 rings (SSSR count). The molecule has 114 valence electrons. The Labute approximate surface area is 120 Å². The number of carbonyl (C=O) groups is 1. The average molecular weight is 298 g/mol. The Bertz CT molecular complexity index is 573. The molecule has 1 aromatic carbocycles. The highest BCUT2D eigenvalue weighted by molar-refractivity contribution is 5.99. The van der Waals surface area contributed by atoms with E-state index in [1.807, 2.05) is 0 Å². The predicted molar refractivity (Wildman–Crippen MR) is 73.5 cm³/mol. The Morgan fingerprint density at radius 2 is 2.29 bits per heavy atom. The lowest BCUT2D eigenvalue weighted by atomic mass is 10.1. The molecule has 0 unspecified atom stereocenters. The van der Waals surface area contributed by atoms with Crippen LogP contribution in [-0.4, -0.2) is 38.6 Å². The summed E-state index contributed by atoms with van der Waals surface area (Å²) in [6.45, 7) is -1.59. The molecular weight excluding hydrogens is 282 g/mol. The van der Waals surface area contributed by atoms with Gasteiger partial charge in [-0.1, -0.05) is 0 Å². The van der Waals surface area contributed by atoms with E-state index in [1.54, 1.807) is 24.3 Å². The van der Waals surface area contributed by atoms with Crippen LogP contribution in [-0.2, 0) is 4.79 Å². The van der Waals surface area contributed by atoms with Crippen LogP contribution in [0, 0.1) is 0 Å². The van der Waals surface area contributed by atoms with Crippen LogP contribution in [0.5, 0.6) is 11.5 Å².